The molecule has 5 rings (SSSR count). The van der Waals surface area contributed by atoms with Crippen LogP contribution in [0, 0.1) is 0 Å². The van der Waals surface area contributed by atoms with E-state index in [1.165, 1.54) is 11.1 Å². The largest absolute Gasteiger partial charge is 0.487 e. The third-order valence-corrected chi connectivity index (χ3v) is 5.74. The van der Waals surface area contributed by atoms with E-state index < -0.39 is 0 Å². The van der Waals surface area contributed by atoms with Gasteiger partial charge in [-0.05, 0) is 71.3 Å². The third-order valence-electron chi connectivity index (χ3n) is 5.43. The first-order chi connectivity index (χ1) is 16.1. The van der Waals surface area contributed by atoms with Gasteiger partial charge in [-0.1, -0.05) is 23.7 Å². The monoisotopic (exact) mass is 462 g/mol. The molecule has 0 amide bonds. The van der Waals surface area contributed by atoms with Crippen molar-refractivity contribution in [2.75, 3.05) is 11.9 Å². The summed E-state index contributed by atoms with van der Waals surface area (Å²) in [5.41, 5.74) is 5.46. The van der Waals surface area contributed by atoms with E-state index in [2.05, 4.69) is 54.3 Å². The average molecular weight is 463 g/mol. The molecule has 0 aliphatic carbocycles. The lowest BCUT2D eigenvalue weighted by molar-refractivity contribution is 0.193. The molecule has 0 bridgehead atoms. The number of fused-ring (bicyclic) bond motifs is 1. The Labute approximate surface area is 196 Å². The Hall–Kier alpha value is -3.56. The molecule has 3 heterocycles. The quantitative estimate of drug-likeness (QED) is 0.429. The second kappa shape index (κ2) is 9.51. The molecule has 0 spiro atoms. The summed E-state index contributed by atoms with van der Waals surface area (Å²) < 4.78 is 7.63. The minimum Gasteiger partial charge on any atom is -0.487 e. The van der Waals surface area contributed by atoms with Gasteiger partial charge in [0.1, 0.15) is 18.2 Å². The Morgan fingerprint density at radius 3 is 2.82 bits per heavy atom. The number of rotatable bonds is 7. The van der Waals surface area contributed by atoms with E-state index in [-0.39, 0.29) is 6.10 Å². The maximum absolute atomic E-state index is 6.36. The smallest absolute Gasteiger partial charge is 0.227 e. The molecule has 33 heavy (non-hydrogen) atoms. The molecule has 10 heteroatoms. The SMILES string of the molecule is CC(Cn1cnnn1)Oc1cc(-c2cnc(Nc3ccc4c(c3)CNCC4)nc2)ccc1Cl. The maximum Gasteiger partial charge on any atom is 0.227 e. The number of nitrogens with zero attached hydrogens (tertiary/aromatic N) is 6. The van der Waals surface area contributed by atoms with Gasteiger partial charge in [-0.15, -0.1) is 5.10 Å². The molecule has 0 fully saturated rings. The van der Waals surface area contributed by atoms with Crippen molar-refractivity contribution in [2.45, 2.75) is 32.5 Å². The molecule has 0 saturated carbocycles. The van der Waals surface area contributed by atoms with Crippen LogP contribution in [0.2, 0.25) is 5.02 Å². The van der Waals surface area contributed by atoms with Crippen molar-refractivity contribution >= 4 is 23.2 Å². The lowest BCUT2D eigenvalue weighted by atomic mass is 10.0. The lowest BCUT2D eigenvalue weighted by Gasteiger charge is -2.18. The van der Waals surface area contributed by atoms with E-state index in [4.69, 9.17) is 16.3 Å². The van der Waals surface area contributed by atoms with Crippen molar-refractivity contribution in [1.82, 2.24) is 35.5 Å². The molecular weight excluding hydrogens is 440 g/mol. The number of benzene rings is 2. The van der Waals surface area contributed by atoms with Gasteiger partial charge in [-0.25, -0.2) is 14.6 Å². The Bertz CT molecular complexity index is 1230. The molecule has 4 aromatic rings. The summed E-state index contributed by atoms with van der Waals surface area (Å²) in [6, 6.07) is 12.0. The number of aromatic nitrogens is 6. The molecule has 168 valence electrons. The van der Waals surface area contributed by atoms with Crippen LogP contribution in [0.1, 0.15) is 18.1 Å². The summed E-state index contributed by atoms with van der Waals surface area (Å²) in [6.07, 6.45) is 6.01. The van der Waals surface area contributed by atoms with Crippen LogP contribution in [-0.2, 0) is 19.5 Å². The first-order valence-electron chi connectivity index (χ1n) is 10.7. The number of halogens is 1. The summed E-state index contributed by atoms with van der Waals surface area (Å²) in [6.45, 7) is 4.36. The van der Waals surface area contributed by atoms with Crippen molar-refractivity contribution < 1.29 is 4.74 Å². The highest BCUT2D eigenvalue weighted by atomic mass is 35.5. The second-order valence-corrected chi connectivity index (χ2v) is 8.34. The van der Waals surface area contributed by atoms with E-state index in [1.807, 2.05) is 25.1 Å². The fourth-order valence-electron chi connectivity index (χ4n) is 3.78. The number of hydrogen-bond donors (Lipinski definition) is 2. The first kappa shape index (κ1) is 21.3. The zero-order valence-electron chi connectivity index (χ0n) is 18.1. The number of ether oxygens (including phenoxy) is 1. The number of tetrazole rings is 1. The van der Waals surface area contributed by atoms with Gasteiger partial charge >= 0.3 is 0 Å². The van der Waals surface area contributed by atoms with Crippen LogP contribution in [0.5, 0.6) is 5.75 Å². The van der Waals surface area contributed by atoms with Crippen LogP contribution in [0.3, 0.4) is 0 Å². The molecule has 0 radical (unpaired) electrons. The molecule has 2 aromatic carbocycles. The van der Waals surface area contributed by atoms with Gasteiger partial charge in [0.25, 0.3) is 0 Å². The molecule has 1 aliphatic rings. The van der Waals surface area contributed by atoms with E-state index >= 15 is 0 Å². The summed E-state index contributed by atoms with van der Waals surface area (Å²) in [5, 5.41) is 18.3. The normalized spacial score (nSPS) is 13.9. The van der Waals surface area contributed by atoms with Gasteiger partial charge in [0, 0.05) is 30.2 Å². The Morgan fingerprint density at radius 1 is 1.12 bits per heavy atom. The zero-order valence-corrected chi connectivity index (χ0v) is 18.8. The van der Waals surface area contributed by atoms with Crippen LogP contribution >= 0.6 is 11.6 Å². The Morgan fingerprint density at radius 2 is 2.00 bits per heavy atom. The molecule has 9 nitrogen and oxygen atoms in total. The van der Waals surface area contributed by atoms with Gasteiger partial charge in [-0.3, -0.25) is 0 Å². The van der Waals surface area contributed by atoms with Gasteiger partial charge in [0.15, 0.2) is 0 Å². The van der Waals surface area contributed by atoms with Crippen molar-refractivity contribution in [3.63, 3.8) is 0 Å². The van der Waals surface area contributed by atoms with Crippen LogP contribution in [0.15, 0.2) is 55.1 Å². The summed E-state index contributed by atoms with van der Waals surface area (Å²) in [4.78, 5) is 8.98. The van der Waals surface area contributed by atoms with Crippen molar-refractivity contribution in [3.05, 3.63) is 71.3 Å². The average Bonchev–Trinajstić information content (AvgIpc) is 3.34. The highest BCUT2D eigenvalue weighted by molar-refractivity contribution is 6.32. The highest BCUT2D eigenvalue weighted by Gasteiger charge is 2.12. The summed E-state index contributed by atoms with van der Waals surface area (Å²) in [5.74, 6) is 1.13. The Kier molecular flexibility index (Phi) is 6.14. The second-order valence-electron chi connectivity index (χ2n) is 7.94. The lowest BCUT2D eigenvalue weighted by Crippen LogP contribution is -2.23. The molecule has 1 unspecified atom stereocenters. The van der Waals surface area contributed by atoms with Crippen molar-refractivity contribution in [2.24, 2.45) is 0 Å². The van der Waals surface area contributed by atoms with Gasteiger partial charge in [0.2, 0.25) is 5.95 Å². The minimum atomic E-state index is -0.170. The van der Waals surface area contributed by atoms with E-state index in [1.54, 1.807) is 23.4 Å². The molecule has 2 aromatic heterocycles. The topological polar surface area (TPSA) is 103 Å². The molecular formula is C23H23ClN8O. The van der Waals surface area contributed by atoms with E-state index in [0.717, 1.165) is 36.3 Å². The molecule has 2 N–H and O–H groups in total. The van der Waals surface area contributed by atoms with Gasteiger partial charge < -0.3 is 15.4 Å². The fourth-order valence-corrected chi connectivity index (χ4v) is 3.95. The number of hydrogen-bond acceptors (Lipinski definition) is 8. The highest BCUT2D eigenvalue weighted by Crippen LogP contribution is 2.31. The van der Waals surface area contributed by atoms with Crippen molar-refractivity contribution in [1.29, 1.82) is 0 Å². The maximum atomic E-state index is 6.36. The standard InChI is InChI=1S/C23H23ClN8O/c1-15(13-32-14-28-30-31-32)33-22-9-17(3-5-21(22)24)19-11-26-23(27-12-19)29-20-4-2-16-6-7-25-10-18(16)8-20/h2-5,8-9,11-12,14-15,25H,6-7,10,13H2,1H3,(H,26,27,29). The molecule has 0 saturated heterocycles. The number of nitrogens with one attached hydrogen (secondary N) is 2. The van der Waals surface area contributed by atoms with Crippen LogP contribution < -0.4 is 15.4 Å². The summed E-state index contributed by atoms with van der Waals surface area (Å²) in [7, 11) is 0. The van der Waals surface area contributed by atoms with Crippen LogP contribution in [0.25, 0.3) is 11.1 Å². The van der Waals surface area contributed by atoms with Crippen LogP contribution in [0.4, 0.5) is 11.6 Å². The third kappa shape index (κ3) is 5.10. The fraction of sp³-hybridized carbons (Fsp3) is 0.261. The van der Waals surface area contributed by atoms with Crippen LogP contribution in [-0.4, -0.2) is 42.8 Å². The predicted molar refractivity (Wildman–Crippen MR) is 126 cm³/mol. The first-order valence-corrected chi connectivity index (χ1v) is 11.1. The summed E-state index contributed by atoms with van der Waals surface area (Å²) >= 11 is 6.36. The Balaban J connectivity index is 1.28. The molecule has 1 atom stereocenters. The molecule has 1 aliphatic heterocycles. The number of anilines is 2. The minimum absolute atomic E-state index is 0.170. The zero-order chi connectivity index (χ0) is 22.6. The predicted octanol–water partition coefficient (Wildman–Crippen LogP) is 3.64. The van der Waals surface area contributed by atoms with Crippen molar-refractivity contribution in [3.8, 4) is 16.9 Å². The van der Waals surface area contributed by atoms with Gasteiger partial charge in [0.05, 0.1) is 11.6 Å². The van der Waals surface area contributed by atoms with E-state index in [9.17, 15) is 0 Å². The van der Waals surface area contributed by atoms with E-state index in [0.29, 0.717) is 23.3 Å². The van der Waals surface area contributed by atoms with Gasteiger partial charge in [-0.2, -0.15) is 0 Å².